The summed E-state index contributed by atoms with van der Waals surface area (Å²) in [6, 6.07) is 15.7. The van der Waals surface area contributed by atoms with Crippen LogP contribution in [0.15, 0.2) is 59.5 Å². The van der Waals surface area contributed by atoms with E-state index in [1.165, 1.54) is 12.3 Å². The van der Waals surface area contributed by atoms with Gasteiger partial charge in [-0.2, -0.15) is 5.26 Å². The van der Waals surface area contributed by atoms with E-state index >= 15 is 0 Å². The molecule has 2 aromatic heterocycles. The molecule has 0 amide bonds. The van der Waals surface area contributed by atoms with Crippen molar-refractivity contribution in [1.82, 2.24) is 14.5 Å². The van der Waals surface area contributed by atoms with E-state index in [2.05, 4.69) is 16.0 Å². The van der Waals surface area contributed by atoms with Gasteiger partial charge in [0.05, 0.1) is 29.2 Å². The van der Waals surface area contributed by atoms with Gasteiger partial charge in [0.15, 0.2) is 0 Å². The van der Waals surface area contributed by atoms with Crippen LogP contribution in [0.4, 0.5) is 0 Å². The Hall–Kier alpha value is -3.27. The molecule has 0 aliphatic heterocycles. The van der Waals surface area contributed by atoms with E-state index in [1.54, 1.807) is 42.5 Å². The number of nitrogens with zero attached hydrogens (tertiary/aromatic N) is 3. The lowest BCUT2D eigenvalue weighted by Crippen LogP contribution is -2.10. The van der Waals surface area contributed by atoms with Crippen molar-refractivity contribution < 1.29 is 4.74 Å². The maximum Gasteiger partial charge on any atom is 0.248 e. The first-order valence-electron chi connectivity index (χ1n) is 8.68. The molecule has 0 atom stereocenters. The van der Waals surface area contributed by atoms with Gasteiger partial charge in [-0.05, 0) is 48.0 Å². The number of nitrogens with one attached hydrogen (secondary N) is 1. The van der Waals surface area contributed by atoms with Crippen molar-refractivity contribution in [3.63, 3.8) is 0 Å². The van der Waals surface area contributed by atoms with Crippen molar-refractivity contribution in [3.8, 4) is 11.8 Å². The van der Waals surface area contributed by atoms with Gasteiger partial charge in [-0.25, -0.2) is 4.98 Å². The quantitative estimate of drug-likeness (QED) is 0.509. The first-order valence-corrected chi connectivity index (χ1v) is 9.44. The van der Waals surface area contributed by atoms with E-state index in [4.69, 9.17) is 27.9 Å². The highest BCUT2D eigenvalue weighted by atomic mass is 35.5. The van der Waals surface area contributed by atoms with Crippen molar-refractivity contribution in [3.05, 3.63) is 92.1 Å². The minimum Gasteiger partial charge on any atom is -0.484 e. The highest BCUT2D eigenvalue weighted by Crippen LogP contribution is 2.25. The van der Waals surface area contributed by atoms with E-state index < -0.39 is 0 Å². The fraction of sp³-hybridized carbons (Fsp3) is 0.0952. The van der Waals surface area contributed by atoms with Gasteiger partial charge >= 0.3 is 0 Å². The van der Waals surface area contributed by atoms with E-state index in [0.29, 0.717) is 33.7 Å². The van der Waals surface area contributed by atoms with Crippen LogP contribution in [0.1, 0.15) is 17.0 Å². The number of fused-ring (bicyclic) bond motifs is 1. The van der Waals surface area contributed by atoms with Crippen molar-refractivity contribution in [2.24, 2.45) is 0 Å². The minimum absolute atomic E-state index is 0.167. The molecule has 0 saturated carbocycles. The number of aromatic nitrogens is 3. The summed E-state index contributed by atoms with van der Waals surface area (Å²) < 4.78 is 7.73. The standard InChI is InChI=1S/C21H14Cl2N4O2/c22-15-2-4-17(23)14(8-15)11-27-19-7-13(9-24)1-5-18(19)26-20(27)12-29-16-3-6-21(28)25-10-16/h1-8,10H,11-12H2,(H,25,28). The van der Waals surface area contributed by atoms with Crippen LogP contribution >= 0.6 is 23.2 Å². The van der Waals surface area contributed by atoms with Gasteiger partial charge in [-0.1, -0.05) is 23.2 Å². The van der Waals surface area contributed by atoms with Gasteiger partial charge in [-0.3, -0.25) is 4.79 Å². The normalized spacial score (nSPS) is 10.8. The minimum atomic E-state index is -0.204. The fourth-order valence-corrected chi connectivity index (χ4v) is 3.37. The summed E-state index contributed by atoms with van der Waals surface area (Å²) in [6.45, 7) is 0.579. The highest BCUT2D eigenvalue weighted by molar-refractivity contribution is 6.33. The first kappa shape index (κ1) is 19.1. The monoisotopic (exact) mass is 424 g/mol. The summed E-state index contributed by atoms with van der Waals surface area (Å²) in [5.41, 5.74) is 2.68. The number of aromatic amines is 1. The van der Waals surface area contributed by atoms with Gasteiger partial charge in [0.1, 0.15) is 18.2 Å². The fourth-order valence-electron chi connectivity index (χ4n) is 3.00. The first-order chi connectivity index (χ1) is 14.0. The van der Waals surface area contributed by atoms with E-state index in [-0.39, 0.29) is 12.2 Å². The van der Waals surface area contributed by atoms with Crippen LogP contribution in [0.2, 0.25) is 10.0 Å². The number of pyridine rings is 1. The number of ether oxygens (including phenoxy) is 1. The summed E-state index contributed by atoms with van der Waals surface area (Å²) in [5.74, 6) is 1.17. The third kappa shape index (κ3) is 4.11. The Morgan fingerprint density at radius 2 is 2.00 bits per heavy atom. The second kappa shape index (κ2) is 8.00. The molecule has 0 aliphatic carbocycles. The number of hydrogen-bond donors (Lipinski definition) is 1. The van der Waals surface area contributed by atoms with E-state index in [1.807, 2.05) is 4.57 Å². The summed E-state index contributed by atoms with van der Waals surface area (Å²) in [6.07, 6.45) is 1.50. The molecule has 0 saturated heterocycles. The van der Waals surface area contributed by atoms with Crippen LogP contribution in [-0.4, -0.2) is 14.5 Å². The zero-order valence-electron chi connectivity index (χ0n) is 15.0. The lowest BCUT2D eigenvalue weighted by atomic mass is 10.2. The molecule has 6 nitrogen and oxygen atoms in total. The molecule has 4 rings (SSSR count). The molecule has 144 valence electrons. The lowest BCUT2D eigenvalue weighted by Gasteiger charge is -2.12. The molecule has 0 radical (unpaired) electrons. The lowest BCUT2D eigenvalue weighted by molar-refractivity contribution is 0.290. The average molecular weight is 425 g/mol. The molecule has 4 aromatic rings. The Morgan fingerprint density at radius 1 is 1.14 bits per heavy atom. The largest absolute Gasteiger partial charge is 0.484 e. The van der Waals surface area contributed by atoms with Crippen molar-refractivity contribution >= 4 is 34.2 Å². The second-order valence-corrected chi connectivity index (χ2v) is 7.19. The molecule has 0 bridgehead atoms. The molecule has 8 heteroatoms. The van der Waals surface area contributed by atoms with Crippen LogP contribution in [-0.2, 0) is 13.2 Å². The summed E-state index contributed by atoms with van der Waals surface area (Å²) in [5, 5.41) is 10.4. The van der Waals surface area contributed by atoms with Gasteiger partial charge in [0, 0.05) is 22.3 Å². The molecule has 1 N–H and O–H groups in total. The second-order valence-electron chi connectivity index (χ2n) is 6.34. The average Bonchev–Trinajstić information content (AvgIpc) is 3.07. The molecule has 2 heterocycles. The zero-order valence-corrected chi connectivity index (χ0v) is 16.5. The van der Waals surface area contributed by atoms with Gasteiger partial charge in [-0.15, -0.1) is 0 Å². The number of rotatable bonds is 5. The molecule has 0 fully saturated rings. The van der Waals surface area contributed by atoms with E-state index in [0.717, 1.165) is 16.6 Å². The molecule has 0 spiro atoms. The molecule has 29 heavy (non-hydrogen) atoms. The number of imidazole rings is 1. The summed E-state index contributed by atoms with van der Waals surface area (Å²) in [4.78, 5) is 18.4. The Balaban J connectivity index is 1.75. The van der Waals surface area contributed by atoms with Crippen LogP contribution in [0, 0.1) is 11.3 Å². The maximum absolute atomic E-state index is 11.2. The molecular weight excluding hydrogens is 411 g/mol. The molecular formula is C21H14Cl2N4O2. The van der Waals surface area contributed by atoms with Crippen LogP contribution in [0.5, 0.6) is 5.75 Å². The Bertz CT molecular complexity index is 1280. The Labute approximate surface area is 175 Å². The van der Waals surface area contributed by atoms with Crippen LogP contribution < -0.4 is 10.3 Å². The predicted octanol–water partition coefficient (Wildman–Crippen LogP) is 4.53. The number of nitriles is 1. The molecule has 0 unspecified atom stereocenters. The number of halogens is 2. The maximum atomic E-state index is 11.2. The number of H-pyrrole nitrogens is 1. The number of benzene rings is 2. The van der Waals surface area contributed by atoms with Crippen molar-refractivity contribution in [2.75, 3.05) is 0 Å². The number of hydrogen-bond acceptors (Lipinski definition) is 4. The predicted molar refractivity (Wildman–Crippen MR) is 111 cm³/mol. The third-order valence-corrected chi connectivity index (χ3v) is 5.02. The van der Waals surface area contributed by atoms with Gasteiger partial charge in [0.2, 0.25) is 5.56 Å². The zero-order chi connectivity index (χ0) is 20.4. The smallest absolute Gasteiger partial charge is 0.248 e. The summed E-state index contributed by atoms with van der Waals surface area (Å²) in [7, 11) is 0. The molecule has 0 aliphatic rings. The van der Waals surface area contributed by atoms with Gasteiger partial charge in [0.25, 0.3) is 0 Å². The SMILES string of the molecule is N#Cc1ccc2nc(COc3ccc(=O)[nH]c3)n(Cc3cc(Cl)ccc3Cl)c2c1. The Kier molecular flexibility index (Phi) is 5.26. The Morgan fingerprint density at radius 3 is 2.76 bits per heavy atom. The molecule has 2 aromatic carbocycles. The van der Waals surface area contributed by atoms with Crippen LogP contribution in [0.25, 0.3) is 11.0 Å². The van der Waals surface area contributed by atoms with Gasteiger partial charge < -0.3 is 14.3 Å². The topological polar surface area (TPSA) is 83.7 Å². The third-order valence-electron chi connectivity index (χ3n) is 4.42. The summed E-state index contributed by atoms with van der Waals surface area (Å²) >= 11 is 12.5. The highest BCUT2D eigenvalue weighted by Gasteiger charge is 2.14. The van der Waals surface area contributed by atoms with Crippen LogP contribution in [0.3, 0.4) is 0 Å². The van der Waals surface area contributed by atoms with E-state index in [9.17, 15) is 10.1 Å². The van der Waals surface area contributed by atoms with Crippen molar-refractivity contribution in [1.29, 1.82) is 5.26 Å². The van der Waals surface area contributed by atoms with Crippen molar-refractivity contribution in [2.45, 2.75) is 13.2 Å².